The van der Waals surface area contributed by atoms with E-state index in [0.717, 1.165) is 6.42 Å². The molecule has 4 nitrogen and oxygen atoms in total. The van der Waals surface area contributed by atoms with Gasteiger partial charge in [-0.2, -0.15) is 12.7 Å². The van der Waals surface area contributed by atoms with E-state index in [1.54, 1.807) is 0 Å². The zero-order valence-corrected chi connectivity index (χ0v) is 10.7. The first-order chi connectivity index (χ1) is 8.40. The lowest BCUT2D eigenvalue weighted by atomic mass is 10.2. The zero-order valence-electron chi connectivity index (χ0n) is 9.92. The minimum absolute atomic E-state index is 0.178. The van der Waals surface area contributed by atoms with Crippen LogP contribution in [0.15, 0.2) is 0 Å². The molecule has 0 aliphatic heterocycles. The number of hydrogen-bond donors (Lipinski definition) is 0. The fourth-order valence-corrected chi connectivity index (χ4v) is 1.18. The topological polar surface area (TPSA) is 52.6 Å². The molecule has 0 aromatic carbocycles. The molecule has 0 saturated heterocycles. The van der Waals surface area contributed by atoms with Crippen molar-refractivity contribution in [3.63, 3.8) is 0 Å². The number of rotatable bonds is 9. The standard InChI is InChI=1S/C10H15F3O4S/c1-8(14)16-6-4-2-3-5-7-17-9(15)10(11,12)18-13/h2-7H2,1H3. The third kappa shape index (κ3) is 8.21. The summed E-state index contributed by atoms with van der Waals surface area (Å²) in [7, 11) is 0. The fourth-order valence-electron chi connectivity index (χ4n) is 1.05. The molecule has 0 fully saturated rings. The summed E-state index contributed by atoms with van der Waals surface area (Å²) < 4.78 is 45.2. The second kappa shape index (κ2) is 9.07. The molecule has 0 heterocycles. The number of halogens is 3. The fraction of sp³-hybridized carbons (Fsp3) is 0.800. The average molecular weight is 288 g/mol. The summed E-state index contributed by atoms with van der Waals surface area (Å²) in [4.78, 5) is 21.0. The van der Waals surface area contributed by atoms with Crippen molar-refractivity contribution >= 4 is 24.1 Å². The van der Waals surface area contributed by atoms with Crippen molar-refractivity contribution in [2.45, 2.75) is 37.9 Å². The van der Waals surface area contributed by atoms with Crippen molar-refractivity contribution in [2.75, 3.05) is 13.2 Å². The minimum Gasteiger partial charge on any atom is -0.466 e. The number of alkyl halides is 2. The first kappa shape index (κ1) is 17.1. The summed E-state index contributed by atoms with van der Waals surface area (Å²) in [6.45, 7) is 1.44. The van der Waals surface area contributed by atoms with Gasteiger partial charge in [0.2, 0.25) is 0 Å². The van der Waals surface area contributed by atoms with Crippen molar-refractivity contribution in [1.29, 1.82) is 0 Å². The van der Waals surface area contributed by atoms with E-state index in [1.165, 1.54) is 6.92 Å². The third-order valence-corrected chi connectivity index (χ3v) is 2.27. The van der Waals surface area contributed by atoms with Gasteiger partial charge in [0.05, 0.1) is 13.2 Å². The quantitative estimate of drug-likeness (QED) is 0.482. The van der Waals surface area contributed by atoms with Gasteiger partial charge in [0.15, 0.2) is 0 Å². The van der Waals surface area contributed by atoms with Crippen LogP contribution in [0, 0.1) is 0 Å². The highest BCUT2D eigenvalue weighted by Crippen LogP contribution is 2.30. The Balaban J connectivity index is 3.41. The molecule has 0 radical (unpaired) electrons. The maximum absolute atomic E-state index is 12.4. The van der Waals surface area contributed by atoms with Gasteiger partial charge >= 0.3 is 17.2 Å². The first-order valence-electron chi connectivity index (χ1n) is 5.38. The van der Waals surface area contributed by atoms with Gasteiger partial charge in [-0.05, 0) is 25.7 Å². The molecular formula is C10H15F3O4S. The number of esters is 2. The third-order valence-electron chi connectivity index (χ3n) is 1.91. The van der Waals surface area contributed by atoms with Crippen LogP contribution in [0.2, 0.25) is 0 Å². The van der Waals surface area contributed by atoms with E-state index in [2.05, 4.69) is 9.47 Å². The number of ether oxygens (including phenoxy) is 2. The Kier molecular flexibility index (Phi) is 8.61. The molecule has 0 unspecified atom stereocenters. The Morgan fingerprint density at radius 1 is 1.06 bits per heavy atom. The minimum atomic E-state index is -4.13. The average Bonchev–Trinajstić information content (AvgIpc) is 2.31. The second-order valence-corrected chi connectivity index (χ2v) is 4.15. The number of carbonyl (C=O) groups excluding carboxylic acids is 2. The lowest BCUT2D eigenvalue weighted by Crippen LogP contribution is -2.26. The summed E-state index contributed by atoms with van der Waals surface area (Å²) >= 11 is -1.34. The van der Waals surface area contributed by atoms with Crippen LogP contribution in [0.5, 0.6) is 0 Å². The van der Waals surface area contributed by atoms with Crippen LogP contribution in [0.25, 0.3) is 0 Å². The molecule has 0 bridgehead atoms. The van der Waals surface area contributed by atoms with Gasteiger partial charge in [-0.3, -0.25) is 4.79 Å². The number of hydrogen-bond acceptors (Lipinski definition) is 5. The van der Waals surface area contributed by atoms with E-state index in [4.69, 9.17) is 0 Å². The van der Waals surface area contributed by atoms with Crippen molar-refractivity contribution in [3.05, 3.63) is 0 Å². The smallest absolute Gasteiger partial charge is 0.417 e. The molecular weight excluding hydrogens is 273 g/mol. The van der Waals surface area contributed by atoms with Gasteiger partial charge < -0.3 is 9.47 Å². The van der Waals surface area contributed by atoms with Crippen LogP contribution in [-0.4, -0.2) is 30.4 Å². The maximum atomic E-state index is 12.4. The van der Waals surface area contributed by atoms with E-state index in [-0.39, 0.29) is 12.6 Å². The Hall–Kier alpha value is -0.920. The van der Waals surface area contributed by atoms with E-state index < -0.39 is 23.4 Å². The van der Waals surface area contributed by atoms with E-state index in [9.17, 15) is 22.3 Å². The predicted octanol–water partition coefficient (Wildman–Crippen LogP) is 2.86. The van der Waals surface area contributed by atoms with Crippen LogP contribution in [-0.2, 0) is 19.1 Å². The highest BCUT2D eigenvalue weighted by atomic mass is 32.2. The normalized spacial score (nSPS) is 11.1. The lowest BCUT2D eigenvalue weighted by Gasteiger charge is -2.09. The Morgan fingerprint density at radius 2 is 1.56 bits per heavy atom. The number of carbonyl (C=O) groups is 2. The highest BCUT2D eigenvalue weighted by Gasteiger charge is 2.42. The summed E-state index contributed by atoms with van der Waals surface area (Å²) in [6.07, 6.45) is 2.42. The van der Waals surface area contributed by atoms with Gasteiger partial charge in [-0.1, -0.05) is 0 Å². The van der Waals surface area contributed by atoms with Gasteiger partial charge in [0, 0.05) is 6.92 Å². The van der Waals surface area contributed by atoms with Crippen LogP contribution in [0.3, 0.4) is 0 Å². The summed E-state index contributed by atoms with van der Waals surface area (Å²) in [5, 5.41) is -4.13. The van der Waals surface area contributed by atoms with Crippen LogP contribution in [0.1, 0.15) is 32.6 Å². The molecule has 0 N–H and O–H groups in total. The van der Waals surface area contributed by atoms with Crippen molar-refractivity contribution < 1.29 is 31.7 Å². The van der Waals surface area contributed by atoms with Crippen LogP contribution < -0.4 is 0 Å². The van der Waals surface area contributed by atoms with Gasteiger partial charge in [-0.25, -0.2) is 4.79 Å². The van der Waals surface area contributed by atoms with Crippen molar-refractivity contribution in [1.82, 2.24) is 0 Å². The van der Waals surface area contributed by atoms with Gasteiger partial charge in [0.25, 0.3) is 0 Å². The molecule has 0 saturated carbocycles. The van der Waals surface area contributed by atoms with Crippen molar-refractivity contribution in [3.8, 4) is 0 Å². The maximum Gasteiger partial charge on any atom is 0.417 e. The van der Waals surface area contributed by atoms with Crippen LogP contribution in [0.4, 0.5) is 12.7 Å². The zero-order chi connectivity index (χ0) is 14.0. The molecule has 0 rings (SSSR count). The Bertz CT molecular complexity index is 274. The lowest BCUT2D eigenvalue weighted by molar-refractivity contribution is -0.160. The molecule has 0 atom stereocenters. The second-order valence-electron chi connectivity index (χ2n) is 3.48. The molecule has 0 amide bonds. The van der Waals surface area contributed by atoms with Gasteiger partial charge in [-0.15, -0.1) is 0 Å². The summed E-state index contributed by atoms with van der Waals surface area (Å²) in [5.74, 6) is -2.22. The SMILES string of the molecule is CC(=O)OCCCCCCOC(=O)C(F)(F)SF. The highest BCUT2D eigenvalue weighted by molar-refractivity contribution is 7.96. The Labute approximate surface area is 107 Å². The summed E-state index contributed by atoms with van der Waals surface area (Å²) in [6, 6.07) is 0. The molecule has 106 valence electrons. The Morgan fingerprint density at radius 3 is 2.00 bits per heavy atom. The molecule has 0 aliphatic rings. The van der Waals surface area contributed by atoms with E-state index in [0.29, 0.717) is 25.9 Å². The van der Waals surface area contributed by atoms with Gasteiger partial charge in [0.1, 0.15) is 12.1 Å². The van der Waals surface area contributed by atoms with E-state index in [1.807, 2.05) is 0 Å². The van der Waals surface area contributed by atoms with E-state index >= 15 is 0 Å². The molecule has 18 heavy (non-hydrogen) atoms. The monoisotopic (exact) mass is 288 g/mol. The number of unbranched alkanes of at least 4 members (excludes halogenated alkanes) is 3. The molecule has 0 spiro atoms. The molecule has 0 aliphatic carbocycles. The largest absolute Gasteiger partial charge is 0.466 e. The van der Waals surface area contributed by atoms with Crippen molar-refractivity contribution in [2.24, 2.45) is 0 Å². The predicted molar refractivity (Wildman–Crippen MR) is 59.7 cm³/mol. The molecule has 0 aromatic rings. The first-order valence-corrected chi connectivity index (χ1v) is 6.10. The molecule has 0 aromatic heterocycles. The van der Waals surface area contributed by atoms with Crippen LogP contribution >= 0.6 is 12.1 Å². The molecule has 8 heteroatoms. The summed E-state index contributed by atoms with van der Waals surface area (Å²) in [5.41, 5.74) is 0.